The lowest BCUT2D eigenvalue weighted by molar-refractivity contribution is 0.0837. The minimum Gasteiger partial charge on any atom is -0.376 e. The van der Waals surface area contributed by atoms with E-state index in [1.807, 2.05) is 6.92 Å². The van der Waals surface area contributed by atoms with E-state index >= 15 is 0 Å². The Balaban J connectivity index is 2.96. The van der Waals surface area contributed by atoms with Gasteiger partial charge < -0.3 is 4.74 Å². The average Bonchev–Trinajstić information content (AvgIpc) is 2.47. The Morgan fingerprint density at radius 3 is 3.00 bits per heavy atom. The number of nitrogens with zero attached hydrogens (tertiary/aromatic N) is 2. The molecule has 72 valence electrons. The van der Waals surface area contributed by atoms with Crippen LogP contribution in [0.5, 0.6) is 0 Å². The van der Waals surface area contributed by atoms with Crippen LogP contribution in [0.3, 0.4) is 0 Å². The van der Waals surface area contributed by atoms with Crippen LogP contribution < -0.4 is 0 Å². The Morgan fingerprint density at radius 1 is 1.77 bits per heavy atom. The van der Waals surface area contributed by atoms with E-state index in [9.17, 15) is 4.79 Å². The Labute approximate surface area is 81.4 Å². The molecule has 0 aliphatic carbocycles. The fourth-order valence-corrected chi connectivity index (χ4v) is 1.33. The second-order valence-electron chi connectivity index (χ2n) is 2.51. The van der Waals surface area contributed by atoms with Crippen LogP contribution >= 0.6 is 11.6 Å². The third kappa shape index (κ3) is 2.08. The smallest absolute Gasteiger partial charge is 0.207 e. The maximum atomic E-state index is 11.4. The summed E-state index contributed by atoms with van der Waals surface area (Å²) < 4.78 is 6.29. The maximum Gasteiger partial charge on any atom is 0.207 e. The largest absolute Gasteiger partial charge is 0.376 e. The van der Waals surface area contributed by atoms with Crippen molar-refractivity contribution in [2.45, 2.75) is 13.5 Å². The predicted octanol–water partition coefficient (Wildman–Crippen LogP) is 1.39. The topological polar surface area (TPSA) is 44.1 Å². The summed E-state index contributed by atoms with van der Waals surface area (Å²) in [4.78, 5) is 11.4. The molecule has 0 aliphatic rings. The minimum atomic E-state index is -0.146. The molecule has 0 saturated carbocycles. The van der Waals surface area contributed by atoms with E-state index in [4.69, 9.17) is 16.3 Å². The van der Waals surface area contributed by atoms with Gasteiger partial charge in [-0.2, -0.15) is 5.10 Å². The summed E-state index contributed by atoms with van der Waals surface area (Å²) in [6.45, 7) is 2.55. The lowest BCUT2D eigenvalue weighted by Gasteiger charge is -2.02. The van der Waals surface area contributed by atoms with Crippen LogP contribution in [0.15, 0.2) is 6.20 Å². The molecule has 1 rings (SSSR count). The van der Waals surface area contributed by atoms with Crippen LogP contribution in [0.4, 0.5) is 0 Å². The number of hydrogen-bond acceptors (Lipinski definition) is 3. The van der Waals surface area contributed by atoms with E-state index in [1.165, 1.54) is 13.3 Å². The molecule has 5 heteroatoms. The van der Waals surface area contributed by atoms with Crippen molar-refractivity contribution < 1.29 is 9.53 Å². The number of carbonyl (C=O) groups is 1. The molecule has 0 amide bonds. The van der Waals surface area contributed by atoms with Crippen LogP contribution in [0, 0.1) is 0 Å². The first-order valence-corrected chi connectivity index (χ1v) is 4.32. The van der Waals surface area contributed by atoms with Crippen molar-refractivity contribution in [3.05, 3.63) is 16.9 Å². The summed E-state index contributed by atoms with van der Waals surface area (Å²) in [6, 6.07) is 0. The first kappa shape index (κ1) is 10.2. The zero-order valence-electron chi connectivity index (χ0n) is 7.58. The fraction of sp³-hybridized carbons (Fsp3) is 0.500. The molecule has 0 fully saturated rings. The monoisotopic (exact) mass is 202 g/mol. The molecule has 0 N–H and O–H groups in total. The Kier molecular flexibility index (Phi) is 3.45. The van der Waals surface area contributed by atoms with Gasteiger partial charge in [0.25, 0.3) is 0 Å². The number of rotatable bonds is 4. The highest BCUT2D eigenvalue weighted by Crippen LogP contribution is 2.15. The normalized spacial score (nSPS) is 10.4. The number of ether oxygens (including phenoxy) is 1. The third-order valence-corrected chi connectivity index (χ3v) is 1.91. The van der Waals surface area contributed by atoms with Crippen molar-refractivity contribution >= 4 is 17.4 Å². The van der Waals surface area contributed by atoms with Gasteiger partial charge in [0.1, 0.15) is 12.3 Å². The second-order valence-corrected chi connectivity index (χ2v) is 2.92. The first-order valence-electron chi connectivity index (χ1n) is 3.94. The Bertz CT molecular complexity index is 309. The number of carbonyl (C=O) groups excluding carboxylic acids is 1. The van der Waals surface area contributed by atoms with Gasteiger partial charge in [-0.15, -0.1) is 0 Å². The van der Waals surface area contributed by atoms with Gasteiger partial charge in [0.15, 0.2) is 0 Å². The van der Waals surface area contributed by atoms with E-state index in [2.05, 4.69) is 5.10 Å². The van der Waals surface area contributed by atoms with Crippen LogP contribution in [0.2, 0.25) is 5.02 Å². The van der Waals surface area contributed by atoms with E-state index < -0.39 is 0 Å². The zero-order chi connectivity index (χ0) is 9.84. The minimum absolute atomic E-state index is 0.0331. The van der Waals surface area contributed by atoms with Crippen LogP contribution in [0.25, 0.3) is 0 Å². The lowest BCUT2D eigenvalue weighted by Crippen LogP contribution is -2.14. The van der Waals surface area contributed by atoms with E-state index in [0.717, 1.165) is 0 Å². The number of ketones is 1. The van der Waals surface area contributed by atoms with Gasteiger partial charge in [0.2, 0.25) is 5.78 Å². The van der Waals surface area contributed by atoms with Crippen molar-refractivity contribution in [3.8, 4) is 0 Å². The molecule has 0 saturated heterocycles. The molecule has 0 aromatic carbocycles. The SMILES string of the molecule is CCn1ncc(Cl)c1C(=O)COC. The molecular weight excluding hydrogens is 192 g/mol. The Morgan fingerprint density at radius 2 is 2.46 bits per heavy atom. The molecular formula is C8H11ClN2O2. The number of hydrogen-bond donors (Lipinski definition) is 0. The summed E-state index contributed by atoms with van der Waals surface area (Å²) in [5, 5.41) is 4.32. The molecule has 1 aromatic rings. The molecule has 4 nitrogen and oxygen atoms in total. The molecule has 0 radical (unpaired) electrons. The highest BCUT2D eigenvalue weighted by atomic mass is 35.5. The van der Waals surface area contributed by atoms with E-state index in [1.54, 1.807) is 4.68 Å². The van der Waals surface area contributed by atoms with Gasteiger partial charge in [-0.3, -0.25) is 9.48 Å². The first-order chi connectivity index (χ1) is 6.20. The van der Waals surface area contributed by atoms with Crippen LogP contribution in [-0.2, 0) is 11.3 Å². The summed E-state index contributed by atoms with van der Waals surface area (Å²) in [5.41, 5.74) is 0.422. The van der Waals surface area contributed by atoms with Gasteiger partial charge in [-0.25, -0.2) is 0 Å². The summed E-state index contributed by atoms with van der Waals surface area (Å²) in [5.74, 6) is -0.146. The standard InChI is InChI=1S/C8H11ClN2O2/c1-3-11-8(6(9)4-10-11)7(12)5-13-2/h4H,3,5H2,1-2H3. The second kappa shape index (κ2) is 4.39. The molecule has 1 heterocycles. The molecule has 0 spiro atoms. The fourth-order valence-electron chi connectivity index (χ4n) is 1.08. The van der Waals surface area contributed by atoms with Crippen molar-refractivity contribution in [2.24, 2.45) is 0 Å². The predicted molar refractivity (Wildman–Crippen MR) is 49.1 cm³/mol. The highest BCUT2D eigenvalue weighted by molar-refractivity contribution is 6.33. The maximum absolute atomic E-state index is 11.4. The van der Waals surface area contributed by atoms with Gasteiger partial charge in [-0.1, -0.05) is 11.6 Å². The van der Waals surface area contributed by atoms with Crippen molar-refractivity contribution in [1.82, 2.24) is 9.78 Å². The summed E-state index contributed by atoms with van der Waals surface area (Å²) in [7, 11) is 1.47. The van der Waals surface area contributed by atoms with Gasteiger partial charge in [0, 0.05) is 13.7 Å². The van der Waals surface area contributed by atoms with Crippen LogP contribution in [0.1, 0.15) is 17.4 Å². The van der Waals surface area contributed by atoms with Crippen LogP contribution in [-0.4, -0.2) is 29.3 Å². The molecule has 1 aromatic heterocycles. The molecule has 0 aliphatic heterocycles. The number of aromatic nitrogens is 2. The lowest BCUT2D eigenvalue weighted by atomic mass is 10.3. The molecule has 13 heavy (non-hydrogen) atoms. The number of aryl methyl sites for hydroxylation is 1. The summed E-state index contributed by atoms with van der Waals surface area (Å²) >= 11 is 5.79. The van der Waals surface area contributed by atoms with Gasteiger partial charge >= 0.3 is 0 Å². The number of Topliss-reactive ketones (excluding diaryl/α,β-unsaturated/α-hetero) is 1. The molecule has 0 atom stereocenters. The molecule has 0 bridgehead atoms. The Hall–Kier alpha value is -0.870. The van der Waals surface area contributed by atoms with Crippen molar-refractivity contribution in [3.63, 3.8) is 0 Å². The van der Waals surface area contributed by atoms with E-state index in [0.29, 0.717) is 17.3 Å². The highest BCUT2D eigenvalue weighted by Gasteiger charge is 2.15. The van der Waals surface area contributed by atoms with Crippen molar-refractivity contribution in [2.75, 3.05) is 13.7 Å². The number of halogens is 1. The quantitative estimate of drug-likeness (QED) is 0.693. The van der Waals surface area contributed by atoms with Gasteiger partial charge in [0.05, 0.1) is 11.2 Å². The zero-order valence-corrected chi connectivity index (χ0v) is 8.34. The van der Waals surface area contributed by atoms with Crippen molar-refractivity contribution in [1.29, 1.82) is 0 Å². The van der Waals surface area contributed by atoms with E-state index in [-0.39, 0.29) is 12.4 Å². The number of methoxy groups -OCH3 is 1. The van der Waals surface area contributed by atoms with Gasteiger partial charge in [-0.05, 0) is 6.92 Å². The summed E-state index contributed by atoms with van der Waals surface area (Å²) in [6.07, 6.45) is 1.47. The average molecular weight is 203 g/mol. The third-order valence-electron chi connectivity index (χ3n) is 1.63. The molecule has 0 unspecified atom stereocenters.